The lowest BCUT2D eigenvalue weighted by molar-refractivity contribution is -0.115. The van der Waals surface area contributed by atoms with E-state index >= 15 is 0 Å². The third-order valence-corrected chi connectivity index (χ3v) is 3.76. The third kappa shape index (κ3) is 6.48. The van der Waals surface area contributed by atoms with Gasteiger partial charge in [0.2, 0.25) is 5.91 Å². The van der Waals surface area contributed by atoms with Gasteiger partial charge < -0.3 is 24.3 Å². The molecule has 0 aliphatic heterocycles. The van der Waals surface area contributed by atoms with Crippen molar-refractivity contribution in [1.82, 2.24) is 0 Å². The number of hydrogen-bond acceptors (Lipinski definition) is 6. The summed E-state index contributed by atoms with van der Waals surface area (Å²) in [6.07, 6.45) is -0.465. The van der Waals surface area contributed by atoms with Gasteiger partial charge >= 0.3 is 6.09 Å². The molecule has 0 radical (unpaired) electrons. The maximum absolute atomic E-state index is 12.4. The minimum absolute atomic E-state index is 0.129. The van der Waals surface area contributed by atoms with Crippen LogP contribution in [0.2, 0.25) is 0 Å². The van der Waals surface area contributed by atoms with E-state index in [1.54, 1.807) is 49.6 Å². The number of nitrogens with one attached hydrogen (secondary N) is 2. The second kappa shape index (κ2) is 10.8. The Balaban J connectivity index is 1.96. The van der Waals surface area contributed by atoms with Gasteiger partial charge in [0, 0.05) is 30.1 Å². The van der Waals surface area contributed by atoms with Crippen molar-refractivity contribution in [3.05, 3.63) is 48.0 Å². The molecule has 0 saturated carbocycles. The molecule has 2 aromatic carbocycles. The summed E-state index contributed by atoms with van der Waals surface area (Å²) in [4.78, 5) is 24.1. The highest BCUT2D eigenvalue weighted by Gasteiger charge is 2.11. The Hall–Kier alpha value is -3.26. The van der Waals surface area contributed by atoms with Crippen molar-refractivity contribution in [3.63, 3.8) is 0 Å². The monoisotopic (exact) mass is 388 g/mol. The molecular weight excluding hydrogens is 364 g/mol. The Morgan fingerprint density at radius 1 is 0.893 bits per heavy atom. The Labute approximate surface area is 163 Å². The summed E-state index contributed by atoms with van der Waals surface area (Å²) in [5.41, 5.74) is 1.78. The molecule has 0 aliphatic carbocycles. The van der Waals surface area contributed by atoms with Gasteiger partial charge in [-0.2, -0.15) is 0 Å². The highest BCUT2D eigenvalue weighted by molar-refractivity contribution is 5.94. The Morgan fingerprint density at radius 2 is 1.64 bits per heavy atom. The molecule has 0 aromatic heterocycles. The van der Waals surface area contributed by atoms with Gasteiger partial charge in [0.25, 0.3) is 0 Å². The summed E-state index contributed by atoms with van der Waals surface area (Å²) in [6, 6.07) is 12.1. The van der Waals surface area contributed by atoms with Crippen LogP contribution in [0.4, 0.5) is 16.2 Å². The van der Waals surface area contributed by atoms with Crippen molar-refractivity contribution in [2.45, 2.75) is 6.42 Å². The SMILES string of the molecule is COCCOC(=O)Nc1cccc(NC(=O)Cc2ccc(OC)cc2OC)c1. The number of amides is 2. The average Bonchev–Trinajstić information content (AvgIpc) is 2.68. The predicted octanol–water partition coefficient (Wildman–Crippen LogP) is 3.08. The van der Waals surface area contributed by atoms with Gasteiger partial charge in [0.05, 0.1) is 27.2 Å². The van der Waals surface area contributed by atoms with Gasteiger partial charge in [-0.05, 0) is 24.3 Å². The van der Waals surface area contributed by atoms with E-state index < -0.39 is 6.09 Å². The summed E-state index contributed by atoms with van der Waals surface area (Å²) in [5.74, 6) is 1.00. The van der Waals surface area contributed by atoms with E-state index in [4.69, 9.17) is 18.9 Å². The van der Waals surface area contributed by atoms with Crippen LogP contribution >= 0.6 is 0 Å². The van der Waals surface area contributed by atoms with Crippen LogP contribution in [0.5, 0.6) is 11.5 Å². The summed E-state index contributed by atoms with van der Waals surface area (Å²) in [7, 11) is 4.63. The van der Waals surface area contributed by atoms with Crippen LogP contribution in [-0.2, 0) is 20.7 Å². The molecule has 0 spiro atoms. The number of benzene rings is 2. The molecule has 28 heavy (non-hydrogen) atoms. The molecule has 2 amide bonds. The van der Waals surface area contributed by atoms with Gasteiger partial charge in [0.15, 0.2) is 0 Å². The lowest BCUT2D eigenvalue weighted by Gasteiger charge is -2.12. The molecule has 150 valence electrons. The van der Waals surface area contributed by atoms with Crippen LogP contribution in [0.15, 0.2) is 42.5 Å². The predicted molar refractivity (Wildman–Crippen MR) is 105 cm³/mol. The van der Waals surface area contributed by atoms with E-state index in [0.717, 1.165) is 5.56 Å². The molecule has 2 rings (SSSR count). The third-order valence-electron chi connectivity index (χ3n) is 3.76. The van der Waals surface area contributed by atoms with Crippen LogP contribution in [0.1, 0.15) is 5.56 Å². The minimum Gasteiger partial charge on any atom is -0.497 e. The maximum atomic E-state index is 12.4. The van der Waals surface area contributed by atoms with Gasteiger partial charge in [-0.25, -0.2) is 4.79 Å². The maximum Gasteiger partial charge on any atom is 0.411 e. The Bertz CT molecular complexity index is 809. The van der Waals surface area contributed by atoms with Gasteiger partial charge in [-0.15, -0.1) is 0 Å². The fourth-order valence-electron chi connectivity index (χ4n) is 2.42. The first-order chi connectivity index (χ1) is 13.5. The van der Waals surface area contributed by atoms with Crippen LogP contribution in [0.3, 0.4) is 0 Å². The topological polar surface area (TPSA) is 95.1 Å². The number of carbonyl (C=O) groups is 2. The fraction of sp³-hybridized carbons (Fsp3) is 0.300. The molecular formula is C20H24N2O6. The summed E-state index contributed by atoms with van der Waals surface area (Å²) in [5, 5.41) is 5.39. The van der Waals surface area contributed by atoms with Gasteiger partial charge in [-0.1, -0.05) is 12.1 Å². The summed E-state index contributed by atoms with van der Waals surface area (Å²) >= 11 is 0. The first kappa shape index (κ1) is 21.0. The second-order valence-corrected chi connectivity index (χ2v) is 5.74. The van der Waals surface area contributed by atoms with Crippen molar-refractivity contribution in [1.29, 1.82) is 0 Å². The van der Waals surface area contributed by atoms with Crippen LogP contribution in [0.25, 0.3) is 0 Å². The number of ether oxygens (including phenoxy) is 4. The summed E-state index contributed by atoms with van der Waals surface area (Å²) in [6.45, 7) is 0.473. The molecule has 0 fully saturated rings. The zero-order valence-electron chi connectivity index (χ0n) is 16.1. The number of methoxy groups -OCH3 is 3. The summed E-state index contributed by atoms with van der Waals surface area (Å²) < 4.78 is 20.2. The van der Waals surface area contributed by atoms with Crippen molar-refractivity contribution < 1.29 is 28.5 Å². The molecule has 0 atom stereocenters. The lowest BCUT2D eigenvalue weighted by Crippen LogP contribution is -2.17. The van der Waals surface area contributed by atoms with Crippen LogP contribution in [-0.4, -0.2) is 46.5 Å². The van der Waals surface area contributed by atoms with E-state index in [9.17, 15) is 9.59 Å². The van der Waals surface area contributed by atoms with E-state index in [1.807, 2.05) is 0 Å². The fourth-order valence-corrected chi connectivity index (χ4v) is 2.42. The average molecular weight is 388 g/mol. The highest BCUT2D eigenvalue weighted by Crippen LogP contribution is 2.25. The molecule has 0 heterocycles. The van der Waals surface area contributed by atoms with Crippen LogP contribution in [0, 0.1) is 0 Å². The smallest absolute Gasteiger partial charge is 0.411 e. The van der Waals surface area contributed by atoms with Crippen molar-refractivity contribution in [3.8, 4) is 11.5 Å². The zero-order valence-corrected chi connectivity index (χ0v) is 16.1. The largest absolute Gasteiger partial charge is 0.497 e. The van der Waals surface area contributed by atoms with Gasteiger partial charge in [-0.3, -0.25) is 10.1 Å². The number of hydrogen-bond donors (Lipinski definition) is 2. The molecule has 2 N–H and O–H groups in total. The molecule has 8 nitrogen and oxygen atoms in total. The zero-order chi connectivity index (χ0) is 20.4. The first-order valence-electron chi connectivity index (χ1n) is 8.59. The van der Waals surface area contributed by atoms with Crippen LogP contribution < -0.4 is 20.1 Å². The Morgan fingerprint density at radius 3 is 2.32 bits per heavy atom. The van der Waals surface area contributed by atoms with E-state index in [0.29, 0.717) is 29.5 Å². The molecule has 0 bridgehead atoms. The number of anilines is 2. The second-order valence-electron chi connectivity index (χ2n) is 5.74. The first-order valence-corrected chi connectivity index (χ1v) is 8.59. The molecule has 0 saturated heterocycles. The van der Waals surface area contributed by atoms with E-state index in [-0.39, 0.29) is 18.9 Å². The van der Waals surface area contributed by atoms with E-state index in [1.165, 1.54) is 14.2 Å². The minimum atomic E-state index is -0.594. The van der Waals surface area contributed by atoms with E-state index in [2.05, 4.69) is 10.6 Å². The number of rotatable bonds is 9. The van der Waals surface area contributed by atoms with Crippen molar-refractivity contribution in [2.75, 3.05) is 45.2 Å². The standard InChI is InChI=1S/C20H24N2O6/c1-25-9-10-28-20(24)22-16-6-4-5-15(12-16)21-19(23)11-14-7-8-17(26-2)13-18(14)27-3/h4-8,12-13H,9-11H2,1-3H3,(H,21,23)(H,22,24). The highest BCUT2D eigenvalue weighted by atomic mass is 16.6. The van der Waals surface area contributed by atoms with Gasteiger partial charge in [0.1, 0.15) is 18.1 Å². The van der Waals surface area contributed by atoms with Crippen molar-refractivity contribution in [2.24, 2.45) is 0 Å². The molecule has 8 heteroatoms. The molecule has 2 aromatic rings. The quantitative estimate of drug-likeness (QED) is 0.641. The van der Waals surface area contributed by atoms with Crippen molar-refractivity contribution >= 4 is 23.4 Å². The lowest BCUT2D eigenvalue weighted by atomic mass is 10.1. The number of carbonyl (C=O) groups excluding carboxylic acids is 2. The Kier molecular flexibility index (Phi) is 8.11. The normalized spacial score (nSPS) is 10.1. The molecule has 0 aliphatic rings. The molecule has 0 unspecified atom stereocenters.